The molecule has 5 nitrogen and oxygen atoms in total. The van der Waals surface area contributed by atoms with Crippen molar-refractivity contribution in [1.82, 2.24) is 4.98 Å². The monoisotopic (exact) mass is 313 g/mol. The van der Waals surface area contributed by atoms with Gasteiger partial charge in [-0.1, -0.05) is 12.5 Å². The fourth-order valence-electron chi connectivity index (χ4n) is 3.18. The van der Waals surface area contributed by atoms with Gasteiger partial charge in [0.1, 0.15) is 6.26 Å². The second-order valence-corrected chi connectivity index (χ2v) is 6.43. The normalized spacial score (nSPS) is 20.7. The number of aromatic nitrogens is 1. The molecule has 5 heteroatoms. The van der Waals surface area contributed by atoms with Gasteiger partial charge in [0.25, 0.3) is 0 Å². The standard InChI is InChI=1S/C18H23N3O2/c1-11-6-7-14(9-15(11)18-20-12(2)10-23-18)21-17(22)8-13-4-3-5-16(13)19/h6-7,9-10,13,16H,3-5,8,19H2,1-2H3,(H,21,22)/t13-,16+/m0/s1. The number of amides is 1. The van der Waals surface area contributed by atoms with E-state index in [1.165, 1.54) is 0 Å². The molecule has 2 atom stereocenters. The van der Waals surface area contributed by atoms with Gasteiger partial charge in [0.05, 0.1) is 5.69 Å². The average Bonchev–Trinajstić information content (AvgIpc) is 3.10. The second kappa shape index (κ2) is 6.54. The van der Waals surface area contributed by atoms with Crippen LogP contribution in [0.3, 0.4) is 0 Å². The predicted octanol–water partition coefficient (Wildman–Crippen LogP) is 3.41. The highest BCUT2D eigenvalue weighted by Gasteiger charge is 2.26. The Hall–Kier alpha value is -2.14. The third-order valence-electron chi connectivity index (χ3n) is 4.54. The van der Waals surface area contributed by atoms with E-state index in [0.29, 0.717) is 18.2 Å². The predicted molar refractivity (Wildman–Crippen MR) is 90.0 cm³/mol. The second-order valence-electron chi connectivity index (χ2n) is 6.43. The number of hydrogen-bond acceptors (Lipinski definition) is 4. The summed E-state index contributed by atoms with van der Waals surface area (Å²) in [5.41, 5.74) is 9.60. The number of anilines is 1. The first-order valence-electron chi connectivity index (χ1n) is 8.11. The average molecular weight is 313 g/mol. The Morgan fingerprint density at radius 2 is 2.22 bits per heavy atom. The first-order valence-corrected chi connectivity index (χ1v) is 8.11. The lowest BCUT2D eigenvalue weighted by molar-refractivity contribution is -0.117. The van der Waals surface area contributed by atoms with Crippen LogP contribution in [-0.2, 0) is 4.79 Å². The molecule has 1 saturated carbocycles. The Balaban J connectivity index is 1.72. The number of benzene rings is 1. The lowest BCUT2D eigenvalue weighted by Gasteiger charge is -2.15. The van der Waals surface area contributed by atoms with Crippen LogP contribution in [0.15, 0.2) is 28.9 Å². The van der Waals surface area contributed by atoms with E-state index >= 15 is 0 Å². The van der Waals surface area contributed by atoms with Crippen LogP contribution in [0.25, 0.3) is 11.5 Å². The van der Waals surface area contributed by atoms with Crippen molar-refractivity contribution in [3.63, 3.8) is 0 Å². The number of aryl methyl sites for hydroxylation is 2. The van der Waals surface area contributed by atoms with Crippen molar-refractivity contribution >= 4 is 11.6 Å². The van der Waals surface area contributed by atoms with Gasteiger partial charge in [-0.15, -0.1) is 0 Å². The van der Waals surface area contributed by atoms with E-state index in [4.69, 9.17) is 10.2 Å². The van der Waals surface area contributed by atoms with Gasteiger partial charge >= 0.3 is 0 Å². The van der Waals surface area contributed by atoms with Crippen molar-refractivity contribution < 1.29 is 9.21 Å². The molecule has 2 aromatic rings. The molecule has 23 heavy (non-hydrogen) atoms. The Morgan fingerprint density at radius 3 is 2.87 bits per heavy atom. The third-order valence-corrected chi connectivity index (χ3v) is 4.54. The molecular formula is C18H23N3O2. The zero-order valence-corrected chi connectivity index (χ0v) is 13.6. The van der Waals surface area contributed by atoms with Crippen LogP contribution in [0.5, 0.6) is 0 Å². The molecular weight excluding hydrogens is 290 g/mol. The van der Waals surface area contributed by atoms with Crippen LogP contribution >= 0.6 is 0 Å². The minimum absolute atomic E-state index is 0.0192. The largest absolute Gasteiger partial charge is 0.444 e. The molecule has 1 aliphatic carbocycles. The first kappa shape index (κ1) is 15.7. The Bertz CT molecular complexity index is 708. The molecule has 0 bridgehead atoms. The number of nitrogens with one attached hydrogen (secondary N) is 1. The van der Waals surface area contributed by atoms with Crippen molar-refractivity contribution in [2.75, 3.05) is 5.32 Å². The minimum atomic E-state index is 0.0192. The van der Waals surface area contributed by atoms with E-state index in [0.717, 1.165) is 41.8 Å². The number of nitrogens with two attached hydrogens (primary N) is 1. The summed E-state index contributed by atoms with van der Waals surface area (Å²) in [6.45, 7) is 3.89. The molecule has 1 aromatic carbocycles. The van der Waals surface area contributed by atoms with Crippen LogP contribution in [-0.4, -0.2) is 16.9 Å². The van der Waals surface area contributed by atoms with Crippen LogP contribution in [0.4, 0.5) is 5.69 Å². The number of nitrogens with zero attached hydrogens (tertiary/aromatic N) is 1. The SMILES string of the molecule is Cc1coc(-c2cc(NC(=O)C[C@@H]3CCC[C@H]3N)ccc2C)n1. The van der Waals surface area contributed by atoms with E-state index in [2.05, 4.69) is 10.3 Å². The van der Waals surface area contributed by atoms with Crippen LogP contribution in [0.2, 0.25) is 0 Å². The highest BCUT2D eigenvalue weighted by molar-refractivity contribution is 5.91. The third kappa shape index (κ3) is 3.62. The number of carbonyl (C=O) groups is 1. The van der Waals surface area contributed by atoms with Crippen molar-refractivity contribution in [1.29, 1.82) is 0 Å². The summed E-state index contributed by atoms with van der Waals surface area (Å²) < 4.78 is 5.47. The lowest BCUT2D eigenvalue weighted by Crippen LogP contribution is -2.28. The topological polar surface area (TPSA) is 81.2 Å². The van der Waals surface area contributed by atoms with E-state index in [1.807, 2.05) is 32.0 Å². The Labute approximate surface area is 136 Å². The van der Waals surface area contributed by atoms with Crippen molar-refractivity contribution in [2.24, 2.45) is 11.7 Å². The summed E-state index contributed by atoms with van der Waals surface area (Å²) in [7, 11) is 0. The van der Waals surface area contributed by atoms with E-state index in [9.17, 15) is 4.79 Å². The summed E-state index contributed by atoms with van der Waals surface area (Å²) in [6.07, 6.45) is 5.31. The molecule has 0 saturated heterocycles. The lowest BCUT2D eigenvalue weighted by atomic mass is 10.00. The number of carbonyl (C=O) groups excluding carboxylic acids is 1. The van der Waals surface area contributed by atoms with Crippen molar-refractivity contribution in [3.05, 3.63) is 35.7 Å². The summed E-state index contributed by atoms with van der Waals surface area (Å²) in [4.78, 5) is 16.6. The van der Waals surface area contributed by atoms with Gasteiger partial charge in [-0.2, -0.15) is 0 Å². The quantitative estimate of drug-likeness (QED) is 0.906. The van der Waals surface area contributed by atoms with Crippen LogP contribution in [0, 0.1) is 19.8 Å². The van der Waals surface area contributed by atoms with Gasteiger partial charge in [0.15, 0.2) is 0 Å². The van der Waals surface area contributed by atoms with Gasteiger partial charge in [-0.3, -0.25) is 4.79 Å². The highest BCUT2D eigenvalue weighted by atomic mass is 16.3. The van der Waals surface area contributed by atoms with Gasteiger partial charge in [-0.05, 0) is 50.3 Å². The minimum Gasteiger partial charge on any atom is -0.444 e. The van der Waals surface area contributed by atoms with E-state index in [1.54, 1.807) is 6.26 Å². The molecule has 1 aliphatic rings. The number of oxazole rings is 1. The zero-order valence-electron chi connectivity index (χ0n) is 13.6. The molecule has 0 unspecified atom stereocenters. The maximum absolute atomic E-state index is 12.2. The number of rotatable bonds is 4. The molecule has 0 radical (unpaired) electrons. The summed E-state index contributed by atoms with van der Waals surface area (Å²) in [5.74, 6) is 0.897. The summed E-state index contributed by atoms with van der Waals surface area (Å²) in [6, 6.07) is 5.93. The van der Waals surface area contributed by atoms with Gasteiger partial charge in [0.2, 0.25) is 11.8 Å². The molecule has 1 fully saturated rings. The Kier molecular flexibility index (Phi) is 4.48. The van der Waals surface area contributed by atoms with Crippen LogP contribution < -0.4 is 11.1 Å². The molecule has 3 N–H and O–H groups in total. The molecule has 1 amide bonds. The fraction of sp³-hybridized carbons (Fsp3) is 0.444. The first-order chi connectivity index (χ1) is 11.0. The van der Waals surface area contributed by atoms with Crippen molar-refractivity contribution in [2.45, 2.75) is 45.6 Å². The van der Waals surface area contributed by atoms with E-state index < -0.39 is 0 Å². The molecule has 122 valence electrons. The fourth-order valence-corrected chi connectivity index (χ4v) is 3.18. The summed E-state index contributed by atoms with van der Waals surface area (Å²) in [5, 5.41) is 2.97. The van der Waals surface area contributed by atoms with Gasteiger partial charge in [-0.25, -0.2) is 4.98 Å². The smallest absolute Gasteiger partial charge is 0.226 e. The molecule has 1 heterocycles. The Morgan fingerprint density at radius 1 is 1.39 bits per heavy atom. The van der Waals surface area contributed by atoms with Crippen molar-refractivity contribution in [3.8, 4) is 11.5 Å². The molecule has 0 spiro atoms. The van der Waals surface area contributed by atoms with Gasteiger partial charge < -0.3 is 15.5 Å². The summed E-state index contributed by atoms with van der Waals surface area (Å²) >= 11 is 0. The van der Waals surface area contributed by atoms with Gasteiger partial charge in [0, 0.05) is 23.7 Å². The van der Waals surface area contributed by atoms with Crippen LogP contribution in [0.1, 0.15) is 36.9 Å². The molecule has 0 aliphatic heterocycles. The molecule has 1 aromatic heterocycles. The number of hydrogen-bond donors (Lipinski definition) is 2. The zero-order chi connectivity index (χ0) is 16.4. The van der Waals surface area contributed by atoms with E-state index in [-0.39, 0.29) is 11.9 Å². The highest BCUT2D eigenvalue weighted by Crippen LogP contribution is 2.28. The maximum atomic E-state index is 12.2. The maximum Gasteiger partial charge on any atom is 0.226 e. The molecule has 3 rings (SSSR count).